The number of halogens is 4. The number of nitrogens with one attached hydrogen (secondary N) is 1. The smallest absolute Gasteiger partial charge is 0.207 e. The predicted molar refractivity (Wildman–Crippen MR) is 81.3 cm³/mol. The Labute approximate surface area is 141 Å². The molecule has 4 nitrogen and oxygen atoms in total. The van der Waals surface area contributed by atoms with E-state index in [9.17, 15) is 26.0 Å². The van der Waals surface area contributed by atoms with Crippen LogP contribution in [0.5, 0.6) is 0 Å². The third-order valence-electron chi connectivity index (χ3n) is 3.43. The minimum Gasteiger partial charge on any atom is -0.207 e. The summed E-state index contributed by atoms with van der Waals surface area (Å²) in [7, 11) is -4.30. The minimum absolute atomic E-state index is 0.253. The number of benzene rings is 2. The Balaban J connectivity index is 2.31. The Bertz CT molecular complexity index is 917. The summed E-state index contributed by atoms with van der Waals surface area (Å²) in [5, 5.41) is 8.73. The molecule has 1 unspecified atom stereocenters. The zero-order valence-electron chi connectivity index (χ0n) is 12.8. The van der Waals surface area contributed by atoms with E-state index < -0.39 is 38.5 Å². The molecule has 0 amide bonds. The van der Waals surface area contributed by atoms with Gasteiger partial charge in [-0.25, -0.2) is 17.5 Å². The van der Waals surface area contributed by atoms with E-state index in [-0.39, 0.29) is 6.07 Å². The number of hydrogen-bond donors (Lipinski definition) is 1. The molecule has 0 saturated carbocycles. The van der Waals surface area contributed by atoms with Crippen molar-refractivity contribution < 1.29 is 26.0 Å². The molecule has 0 aliphatic carbocycles. The lowest BCUT2D eigenvalue weighted by Crippen LogP contribution is -2.27. The molecule has 0 saturated heterocycles. The highest BCUT2D eigenvalue weighted by atomic mass is 32.2. The molecule has 0 heterocycles. The fraction of sp³-hybridized carbons (Fsp3) is 0.188. The van der Waals surface area contributed by atoms with Crippen LogP contribution in [0.4, 0.5) is 17.6 Å². The molecule has 0 radical (unpaired) electrons. The van der Waals surface area contributed by atoms with Gasteiger partial charge in [-0.2, -0.15) is 18.4 Å². The highest BCUT2D eigenvalue weighted by Crippen LogP contribution is 2.33. The van der Waals surface area contributed by atoms with E-state index in [4.69, 9.17) is 5.26 Å². The van der Waals surface area contributed by atoms with Crippen molar-refractivity contribution in [2.75, 3.05) is 0 Å². The SMILES string of the molecule is CC(NS(=O)(=O)c1ccc(F)c(C(F)(F)F)c1)c1ccc(C#N)cc1. The normalized spacial score (nSPS) is 13.3. The molecule has 0 spiro atoms. The fourth-order valence-corrected chi connectivity index (χ4v) is 3.36. The van der Waals surface area contributed by atoms with Crippen LogP contribution in [0.15, 0.2) is 47.4 Å². The summed E-state index contributed by atoms with van der Waals surface area (Å²) < 4.78 is 78.3. The van der Waals surface area contributed by atoms with Crippen LogP contribution in [0, 0.1) is 17.1 Å². The topological polar surface area (TPSA) is 70.0 Å². The molecule has 0 fully saturated rings. The summed E-state index contributed by atoms with van der Waals surface area (Å²) in [5.41, 5.74) is -0.755. The Morgan fingerprint density at radius 2 is 1.72 bits per heavy atom. The van der Waals surface area contributed by atoms with Crippen LogP contribution in [0.2, 0.25) is 0 Å². The van der Waals surface area contributed by atoms with Gasteiger partial charge < -0.3 is 0 Å². The molecule has 1 atom stereocenters. The van der Waals surface area contributed by atoms with Crippen molar-refractivity contribution in [2.45, 2.75) is 24.0 Å². The van der Waals surface area contributed by atoms with Gasteiger partial charge in [-0.3, -0.25) is 0 Å². The van der Waals surface area contributed by atoms with Crippen LogP contribution < -0.4 is 4.72 Å². The average molecular weight is 372 g/mol. The second kappa shape index (κ2) is 6.82. The number of nitriles is 1. The van der Waals surface area contributed by atoms with Crippen molar-refractivity contribution in [3.05, 3.63) is 65.0 Å². The first-order valence-electron chi connectivity index (χ1n) is 6.94. The van der Waals surface area contributed by atoms with E-state index in [1.54, 1.807) is 0 Å². The van der Waals surface area contributed by atoms with Crippen molar-refractivity contribution in [3.63, 3.8) is 0 Å². The zero-order chi connectivity index (χ0) is 18.8. The molecule has 1 N–H and O–H groups in total. The Morgan fingerprint density at radius 1 is 1.12 bits per heavy atom. The lowest BCUT2D eigenvalue weighted by atomic mass is 10.1. The number of alkyl halides is 3. The van der Waals surface area contributed by atoms with Gasteiger partial charge in [0.15, 0.2) is 0 Å². The van der Waals surface area contributed by atoms with Gasteiger partial charge >= 0.3 is 6.18 Å². The van der Waals surface area contributed by atoms with E-state index in [1.807, 2.05) is 6.07 Å². The van der Waals surface area contributed by atoms with E-state index in [2.05, 4.69) is 4.72 Å². The molecule has 132 valence electrons. The molecule has 0 bridgehead atoms. The van der Waals surface area contributed by atoms with Gasteiger partial charge in [0.1, 0.15) is 5.82 Å². The van der Waals surface area contributed by atoms with E-state index in [1.165, 1.54) is 31.2 Å². The minimum atomic E-state index is -5.01. The number of sulfonamides is 1. The summed E-state index contributed by atoms with van der Waals surface area (Å²) >= 11 is 0. The predicted octanol–water partition coefficient (Wildman–Crippen LogP) is 3.76. The lowest BCUT2D eigenvalue weighted by molar-refractivity contribution is -0.140. The van der Waals surface area contributed by atoms with Gasteiger partial charge in [0.25, 0.3) is 0 Å². The number of hydrogen-bond acceptors (Lipinski definition) is 3. The van der Waals surface area contributed by atoms with Gasteiger partial charge in [-0.05, 0) is 42.8 Å². The second-order valence-electron chi connectivity index (χ2n) is 5.22. The largest absolute Gasteiger partial charge is 0.419 e. The first kappa shape index (κ1) is 18.9. The summed E-state index contributed by atoms with van der Waals surface area (Å²) in [6, 6.07) is 8.65. The van der Waals surface area contributed by atoms with Gasteiger partial charge in [-0.15, -0.1) is 0 Å². The Hall–Kier alpha value is -2.44. The Kier molecular flexibility index (Phi) is 5.15. The van der Waals surface area contributed by atoms with Gasteiger partial charge in [0.2, 0.25) is 10.0 Å². The molecular formula is C16H12F4N2O2S. The highest BCUT2D eigenvalue weighted by molar-refractivity contribution is 7.89. The van der Waals surface area contributed by atoms with E-state index in [0.717, 1.165) is 6.07 Å². The summed E-state index contributed by atoms with van der Waals surface area (Å²) in [4.78, 5) is -0.693. The van der Waals surface area contributed by atoms with Gasteiger partial charge in [-0.1, -0.05) is 12.1 Å². The van der Waals surface area contributed by atoms with E-state index >= 15 is 0 Å². The summed E-state index contributed by atoms with van der Waals surface area (Å²) in [5.74, 6) is -1.55. The maximum Gasteiger partial charge on any atom is 0.419 e. The maximum atomic E-state index is 13.3. The monoisotopic (exact) mass is 372 g/mol. The standard InChI is InChI=1S/C16H12F4N2O2S/c1-10(12-4-2-11(9-21)3-5-12)22-25(23,24)13-6-7-15(17)14(8-13)16(18,19)20/h2-8,10,22H,1H3. The summed E-state index contributed by atoms with van der Waals surface area (Å²) in [6.07, 6.45) is -5.01. The third-order valence-corrected chi connectivity index (χ3v) is 4.96. The molecule has 25 heavy (non-hydrogen) atoms. The fourth-order valence-electron chi connectivity index (χ4n) is 2.10. The van der Waals surface area contributed by atoms with Gasteiger partial charge in [0.05, 0.1) is 22.1 Å². The first-order chi connectivity index (χ1) is 11.5. The first-order valence-corrected chi connectivity index (χ1v) is 8.42. The second-order valence-corrected chi connectivity index (χ2v) is 6.93. The van der Waals surface area contributed by atoms with Crippen LogP contribution in [-0.4, -0.2) is 8.42 Å². The van der Waals surface area contributed by atoms with Crippen molar-refractivity contribution in [1.29, 1.82) is 5.26 Å². The molecule has 0 aliphatic rings. The van der Waals surface area contributed by atoms with Crippen molar-refractivity contribution >= 4 is 10.0 Å². The average Bonchev–Trinajstić information content (AvgIpc) is 2.53. The summed E-state index contributed by atoms with van der Waals surface area (Å²) in [6.45, 7) is 1.49. The van der Waals surface area contributed by atoms with Crippen LogP contribution in [0.1, 0.15) is 29.7 Å². The quantitative estimate of drug-likeness (QED) is 0.831. The van der Waals surface area contributed by atoms with Crippen LogP contribution in [0.3, 0.4) is 0 Å². The molecule has 0 aromatic heterocycles. The lowest BCUT2D eigenvalue weighted by Gasteiger charge is -2.16. The molecular weight excluding hydrogens is 360 g/mol. The number of rotatable bonds is 4. The zero-order valence-corrected chi connectivity index (χ0v) is 13.6. The van der Waals surface area contributed by atoms with Crippen molar-refractivity contribution in [3.8, 4) is 6.07 Å². The molecule has 2 aromatic rings. The third kappa shape index (κ3) is 4.35. The van der Waals surface area contributed by atoms with Crippen LogP contribution in [0.25, 0.3) is 0 Å². The van der Waals surface area contributed by atoms with Gasteiger partial charge in [0, 0.05) is 6.04 Å². The van der Waals surface area contributed by atoms with Crippen LogP contribution in [-0.2, 0) is 16.2 Å². The molecule has 2 aromatic carbocycles. The van der Waals surface area contributed by atoms with Crippen LogP contribution >= 0.6 is 0 Å². The van der Waals surface area contributed by atoms with Crippen molar-refractivity contribution in [1.82, 2.24) is 4.72 Å². The maximum absolute atomic E-state index is 13.3. The van der Waals surface area contributed by atoms with E-state index in [0.29, 0.717) is 17.2 Å². The number of nitrogens with zero attached hydrogens (tertiary/aromatic N) is 1. The molecule has 2 rings (SSSR count). The highest BCUT2D eigenvalue weighted by Gasteiger charge is 2.35. The Morgan fingerprint density at radius 3 is 2.24 bits per heavy atom. The molecule has 9 heteroatoms. The van der Waals surface area contributed by atoms with Crippen molar-refractivity contribution in [2.24, 2.45) is 0 Å². The molecule has 0 aliphatic heterocycles.